The number of hydrogen-bond acceptors (Lipinski definition) is 4. The second-order valence-corrected chi connectivity index (χ2v) is 6.99. The van der Waals surface area contributed by atoms with Crippen LogP contribution in [0, 0.1) is 5.82 Å². The topological polar surface area (TPSA) is 83.5 Å². The SMILES string of the molecule is O=C(NCc1ccc(S(=O)(=O)CCO)cc1)c1ccc(F)cc1. The zero-order valence-corrected chi connectivity index (χ0v) is 13.0. The maximum atomic E-state index is 12.8. The molecular weight excluding hydrogens is 321 g/mol. The number of amides is 1. The Morgan fingerprint density at radius 3 is 2.22 bits per heavy atom. The first-order valence-corrected chi connectivity index (χ1v) is 8.54. The molecule has 2 N–H and O–H groups in total. The molecule has 1 amide bonds. The van der Waals surface area contributed by atoms with Crippen molar-refractivity contribution in [3.05, 3.63) is 65.5 Å². The van der Waals surface area contributed by atoms with E-state index in [1.165, 1.54) is 36.4 Å². The molecule has 23 heavy (non-hydrogen) atoms. The summed E-state index contributed by atoms with van der Waals surface area (Å²) in [6, 6.07) is 11.2. The van der Waals surface area contributed by atoms with Gasteiger partial charge in [-0.3, -0.25) is 4.79 Å². The predicted molar refractivity (Wildman–Crippen MR) is 83.2 cm³/mol. The second-order valence-electron chi connectivity index (χ2n) is 4.88. The van der Waals surface area contributed by atoms with Gasteiger partial charge in [0.1, 0.15) is 5.82 Å². The van der Waals surface area contributed by atoms with Gasteiger partial charge < -0.3 is 10.4 Å². The minimum atomic E-state index is -3.48. The molecule has 0 aromatic heterocycles. The maximum absolute atomic E-state index is 12.8. The van der Waals surface area contributed by atoms with Crippen molar-refractivity contribution in [3.8, 4) is 0 Å². The summed E-state index contributed by atoms with van der Waals surface area (Å²) in [7, 11) is -3.48. The highest BCUT2D eigenvalue weighted by Crippen LogP contribution is 2.12. The van der Waals surface area contributed by atoms with E-state index in [0.717, 1.165) is 5.56 Å². The maximum Gasteiger partial charge on any atom is 0.251 e. The van der Waals surface area contributed by atoms with Crippen LogP contribution < -0.4 is 5.32 Å². The average molecular weight is 337 g/mol. The van der Waals surface area contributed by atoms with Crippen molar-refractivity contribution in [3.63, 3.8) is 0 Å². The fraction of sp³-hybridized carbons (Fsp3) is 0.188. The summed E-state index contributed by atoms with van der Waals surface area (Å²) < 4.78 is 36.3. The number of benzene rings is 2. The first-order valence-electron chi connectivity index (χ1n) is 6.89. The molecule has 0 aliphatic rings. The second kappa shape index (κ2) is 7.34. The standard InChI is InChI=1S/C16H16FNO4S/c17-14-5-3-13(4-6-14)16(20)18-11-12-1-7-15(8-2-12)23(21,22)10-9-19/h1-8,19H,9-11H2,(H,18,20). The molecule has 5 nitrogen and oxygen atoms in total. The zero-order valence-electron chi connectivity index (χ0n) is 12.2. The molecule has 2 aromatic carbocycles. The molecule has 0 aliphatic carbocycles. The molecule has 0 spiro atoms. The lowest BCUT2D eigenvalue weighted by Crippen LogP contribution is -2.22. The molecule has 0 fully saturated rings. The van der Waals surface area contributed by atoms with Gasteiger partial charge in [-0.05, 0) is 42.0 Å². The van der Waals surface area contributed by atoms with Gasteiger partial charge in [0.25, 0.3) is 5.91 Å². The Balaban J connectivity index is 1.99. The summed E-state index contributed by atoms with van der Waals surface area (Å²) in [5.74, 6) is -1.09. The number of carbonyl (C=O) groups is 1. The molecule has 0 unspecified atom stereocenters. The normalized spacial score (nSPS) is 11.2. The van der Waals surface area contributed by atoms with Crippen LogP contribution in [0.4, 0.5) is 4.39 Å². The first-order chi connectivity index (χ1) is 10.9. The molecule has 0 saturated carbocycles. The van der Waals surface area contributed by atoms with E-state index in [0.29, 0.717) is 5.56 Å². The molecule has 0 heterocycles. The van der Waals surface area contributed by atoms with E-state index >= 15 is 0 Å². The van der Waals surface area contributed by atoms with Gasteiger partial charge in [0.05, 0.1) is 17.3 Å². The van der Waals surface area contributed by atoms with Crippen LogP contribution in [-0.4, -0.2) is 31.8 Å². The number of nitrogens with one attached hydrogen (secondary N) is 1. The minimum Gasteiger partial charge on any atom is -0.395 e. The number of aliphatic hydroxyl groups excluding tert-OH is 1. The molecule has 0 radical (unpaired) electrons. The van der Waals surface area contributed by atoms with Crippen molar-refractivity contribution in [1.82, 2.24) is 5.32 Å². The van der Waals surface area contributed by atoms with Crippen LogP contribution in [0.25, 0.3) is 0 Å². The largest absolute Gasteiger partial charge is 0.395 e. The number of hydrogen-bond donors (Lipinski definition) is 2. The summed E-state index contributed by atoms with van der Waals surface area (Å²) in [6.07, 6.45) is 0. The van der Waals surface area contributed by atoms with E-state index < -0.39 is 22.3 Å². The third kappa shape index (κ3) is 4.61. The highest BCUT2D eigenvalue weighted by molar-refractivity contribution is 7.91. The summed E-state index contributed by atoms with van der Waals surface area (Å²) in [5, 5.41) is 11.4. The summed E-state index contributed by atoms with van der Waals surface area (Å²) in [6.45, 7) is -0.214. The van der Waals surface area contributed by atoms with Crippen molar-refractivity contribution >= 4 is 15.7 Å². The van der Waals surface area contributed by atoms with Gasteiger partial charge in [0.15, 0.2) is 9.84 Å². The highest BCUT2D eigenvalue weighted by Gasteiger charge is 2.13. The zero-order chi connectivity index (χ0) is 16.9. The van der Waals surface area contributed by atoms with E-state index in [9.17, 15) is 17.6 Å². The van der Waals surface area contributed by atoms with Crippen LogP contribution in [0.2, 0.25) is 0 Å². The van der Waals surface area contributed by atoms with Crippen LogP contribution in [0.15, 0.2) is 53.4 Å². The van der Waals surface area contributed by atoms with E-state index in [2.05, 4.69) is 5.32 Å². The fourth-order valence-electron chi connectivity index (χ4n) is 1.94. The van der Waals surface area contributed by atoms with Crippen molar-refractivity contribution in [2.24, 2.45) is 0 Å². The predicted octanol–water partition coefficient (Wildman–Crippen LogP) is 1.52. The summed E-state index contributed by atoms with van der Waals surface area (Å²) >= 11 is 0. The first kappa shape index (κ1) is 17.1. The van der Waals surface area contributed by atoms with E-state index in [4.69, 9.17) is 5.11 Å². The van der Waals surface area contributed by atoms with Gasteiger partial charge in [-0.25, -0.2) is 12.8 Å². The van der Waals surface area contributed by atoms with Crippen LogP contribution >= 0.6 is 0 Å². The van der Waals surface area contributed by atoms with Crippen molar-refractivity contribution in [1.29, 1.82) is 0 Å². The molecule has 0 aliphatic heterocycles. The van der Waals surface area contributed by atoms with Crippen LogP contribution in [-0.2, 0) is 16.4 Å². The monoisotopic (exact) mass is 337 g/mol. The lowest BCUT2D eigenvalue weighted by atomic mass is 10.2. The van der Waals surface area contributed by atoms with Gasteiger partial charge in [-0.2, -0.15) is 0 Å². The Kier molecular flexibility index (Phi) is 5.46. The smallest absolute Gasteiger partial charge is 0.251 e. The van der Waals surface area contributed by atoms with Crippen LogP contribution in [0.1, 0.15) is 15.9 Å². The quantitative estimate of drug-likeness (QED) is 0.837. The molecule has 2 aromatic rings. The molecular formula is C16H16FNO4S. The lowest BCUT2D eigenvalue weighted by Gasteiger charge is -2.07. The summed E-state index contributed by atoms with van der Waals surface area (Å²) in [5.41, 5.74) is 1.07. The van der Waals surface area contributed by atoms with Gasteiger partial charge >= 0.3 is 0 Å². The Morgan fingerprint density at radius 1 is 1.04 bits per heavy atom. The van der Waals surface area contributed by atoms with Gasteiger partial charge in [-0.15, -0.1) is 0 Å². The minimum absolute atomic E-state index is 0.125. The average Bonchev–Trinajstić information content (AvgIpc) is 2.53. The van der Waals surface area contributed by atoms with Crippen LogP contribution in [0.3, 0.4) is 0 Å². The van der Waals surface area contributed by atoms with E-state index in [-0.39, 0.29) is 23.1 Å². The Morgan fingerprint density at radius 2 is 1.65 bits per heavy atom. The molecule has 7 heteroatoms. The molecule has 0 atom stereocenters. The Hall–Kier alpha value is -2.25. The third-order valence-electron chi connectivity index (χ3n) is 3.20. The number of sulfone groups is 1. The van der Waals surface area contributed by atoms with E-state index in [1.807, 2.05) is 0 Å². The lowest BCUT2D eigenvalue weighted by molar-refractivity contribution is 0.0951. The number of carbonyl (C=O) groups excluding carboxylic acids is 1. The third-order valence-corrected chi connectivity index (χ3v) is 4.91. The van der Waals surface area contributed by atoms with Crippen LogP contribution in [0.5, 0.6) is 0 Å². The summed E-state index contributed by atoms with van der Waals surface area (Å²) in [4.78, 5) is 12.0. The molecule has 122 valence electrons. The van der Waals surface area contributed by atoms with Crippen molar-refractivity contribution in [2.75, 3.05) is 12.4 Å². The highest BCUT2D eigenvalue weighted by atomic mass is 32.2. The van der Waals surface area contributed by atoms with Gasteiger partial charge in [0.2, 0.25) is 0 Å². The Labute approximate surface area is 133 Å². The number of rotatable bonds is 6. The van der Waals surface area contributed by atoms with Gasteiger partial charge in [0, 0.05) is 12.1 Å². The van der Waals surface area contributed by atoms with Crippen molar-refractivity contribution in [2.45, 2.75) is 11.4 Å². The fourth-order valence-corrected chi connectivity index (χ4v) is 2.97. The van der Waals surface area contributed by atoms with Gasteiger partial charge in [-0.1, -0.05) is 12.1 Å². The number of aliphatic hydroxyl groups is 1. The van der Waals surface area contributed by atoms with E-state index in [1.54, 1.807) is 12.1 Å². The number of halogens is 1. The Bertz CT molecular complexity index is 771. The molecule has 0 bridgehead atoms. The molecule has 2 rings (SSSR count). The molecule has 0 saturated heterocycles. The van der Waals surface area contributed by atoms with Crippen molar-refractivity contribution < 1.29 is 22.7 Å².